The summed E-state index contributed by atoms with van der Waals surface area (Å²) in [7, 11) is -0.916. The molecule has 3 rings (SSSR count). The Morgan fingerprint density at radius 3 is 2.68 bits per heavy atom. The molecule has 0 saturated carbocycles. The number of para-hydroxylation sites is 1. The molecule has 2 bridgehead atoms. The van der Waals surface area contributed by atoms with E-state index in [1.54, 1.807) is 0 Å². The molecule has 28 heavy (non-hydrogen) atoms. The third kappa shape index (κ3) is 6.17. The van der Waals surface area contributed by atoms with Crippen molar-refractivity contribution in [2.24, 2.45) is 11.8 Å². The van der Waals surface area contributed by atoms with Gasteiger partial charge in [-0.2, -0.15) is 0 Å². The lowest BCUT2D eigenvalue weighted by molar-refractivity contribution is -0.137. The van der Waals surface area contributed by atoms with Gasteiger partial charge in [0.05, 0.1) is 24.6 Å². The van der Waals surface area contributed by atoms with Gasteiger partial charge in [-0.1, -0.05) is 30.4 Å². The van der Waals surface area contributed by atoms with Gasteiger partial charge in [-0.25, -0.2) is 0 Å². The predicted molar refractivity (Wildman–Crippen MR) is 110 cm³/mol. The van der Waals surface area contributed by atoms with Crippen LogP contribution >= 0.6 is 0 Å². The highest BCUT2D eigenvalue weighted by molar-refractivity contribution is 7.85. The number of carboxylic acids is 1. The lowest BCUT2D eigenvalue weighted by Gasteiger charge is -2.26. The maximum atomic E-state index is 12.6. The van der Waals surface area contributed by atoms with Gasteiger partial charge in [0.1, 0.15) is 5.75 Å². The van der Waals surface area contributed by atoms with Crippen LogP contribution in [0, 0.1) is 11.8 Å². The van der Waals surface area contributed by atoms with Gasteiger partial charge in [-0.3, -0.25) is 9.00 Å². The highest BCUT2D eigenvalue weighted by atomic mass is 32.2. The molecule has 2 heterocycles. The van der Waals surface area contributed by atoms with Crippen molar-refractivity contribution in [3.05, 3.63) is 42.5 Å². The smallest absolute Gasteiger partial charge is 0.303 e. The number of carboxylic acid groups (broad SMARTS) is 1. The number of benzene rings is 1. The lowest BCUT2D eigenvalue weighted by Crippen LogP contribution is -2.32. The first-order valence-corrected chi connectivity index (χ1v) is 11.7. The zero-order valence-corrected chi connectivity index (χ0v) is 17.0. The van der Waals surface area contributed by atoms with E-state index in [1.807, 2.05) is 30.3 Å². The van der Waals surface area contributed by atoms with Crippen molar-refractivity contribution in [2.45, 2.75) is 50.7 Å². The standard InChI is InChI=1S/C22H30O5S/c23-22(24)11-7-2-1-6-10-18-19(21-13-12-20(18)27-21)16-28(25)15-14-26-17-8-4-3-5-9-17/h1,3-6,8-9,18-21H,2,7,10-16H2,(H,23,24)/b6-1-/t18-,19+,20-,21+,28?/m0/s1. The van der Waals surface area contributed by atoms with E-state index in [1.165, 1.54) is 0 Å². The Morgan fingerprint density at radius 1 is 1.18 bits per heavy atom. The van der Waals surface area contributed by atoms with Crippen LogP contribution in [0.25, 0.3) is 0 Å². The van der Waals surface area contributed by atoms with Crippen molar-refractivity contribution < 1.29 is 23.6 Å². The number of allylic oxidation sites excluding steroid dienone is 2. The van der Waals surface area contributed by atoms with Crippen LogP contribution in [0.2, 0.25) is 0 Å². The fraction of sp³-hybridized carbons (Fsp3) is 0.591. The van der Waals surface area contributed by atoms with Gasteiger partial charge in [0.15, 0.2) is 0 Å². The van der Waals surface area contributed by atoms with Crippen LogP contribution in [-0.4, -0.2) is 45.6 Å². The third-order valence-corrected chi connectivity index (χ3v) is 7.01. The Bertz CT molecular complexity index is 675. The van der Waals surface area contributed by atoms with Gasteiger partial charge in [-0.15, -0.1) is 0 Å². The molecule has 154 valence electrons. The predicted octanol–water partition coefficient (Wildman–Crippen LogP) is 3.81. The van der Waals surface area contributed by atoms with Gasteiger partial charge in [0.25, 0.3) is 0 Å². The average molecular weight is 407 g/mol. The van der Waals surface area contributed by atoms with E-state index in [0.717, 1.165) is 31.4 Å². The van der Waals surface area contributed by atoms with E-state index < -0.39 is 16.8 Å². The van der Waals surface area contributed by atoms with Crippen molar-refractivity contribution in [1.29, 1.82) is 0 Å². The first-order valence-electron chi connectivity index (χ1n) is 10.2. The Kier molecular flexibility index (Phi) is 8.10. The number of fused-ring (bicyclic) bond motifs is 2. The largest absolute Gasteiger partial charge is 0.493 e. The molecule has 0 radical (unpaired) electrons. The van der Waals surface area contributed by atoms with Crippen LogP contribution in [0.5, 0.6) is 5.75 Å². The SMILES string of the molecule is O=C(O)CCC/C=C\C[C@H]1[C@@H](CS(=O)CCOc2ccccc2)[C@H]2CC[C@@H]1O2. The first-order chi connectivity index (χ1) is 13.6. The van der Waals surface area contributed by atoms with Gasteiger partial charge in [-0.05, 0) is 50.2 Å². The quantitative estimate of drug-likeness (QED) is 0.422. The van der Waals surface area contributed by atoms with E-state index in [0.29, 0.717) is 36.4 Å². The summed E-state index contributed by atoms with van der Waals surface area (Å²) in [6.45, 7) is 0.465. The van der Waals surface area contributed by atoms with Crippen LogP contribution in [-0.2, 0) is 20.3 Å². The number of unbranched alkanes of at least 4 members (excludes halogenated alkanes) is 1. The number of rotatable bonds is 12. The molecule has 1 N–H and O–H groups in total. The van der Waals surface area contributed by atoms with Crippen LogP contribution in [0.3, 0.4) is 0 Å². The molecule has 5 nitrogen and oxygen atoms in total. The molecule has 2 fully saturated rings. The van der Waals surface area contributed by atoms with Crippen LogP contribution in [0.15, 0.2) is 42.5 Å². The molecule has 2 aliphatic rings. The van der Waals surface area contributed by atoms with Crippen molar-refractivity contribution in [3.63, 3.8) is 0 Å². The Balaban J connectivity index is 1.41. The minimum absolute atomic E-state index is 0.217. The third-order valence-electron chi connectivity index (χ3n) is 5.63. The maximum Gasteiger partial charge on any atom is 0.303 e. The summed E-state index contributed by atoms with van der Waals surface area (Å²) in [5.41, 5.74) is 0. The van der Waals surface area contributed by atoms with Crippen molar-refractivity contribution in [1.82, 2.24) is 0 Å². The second-order valence-corrected chi connectivity index (χ2v) is 9.20. The molecular weight excluding hydrogens is 376 g/mol. The van der Waals surface area contributed by atoms with E-state index in [9.17, 15) is 9.00 Å². The molecule has 1 unspecified atom stereocenters. The number of hydrogen-bond acceptors (Lipinski definition) is 4. The van der Waals surface area contributed by atoms with E-state index in [4.69, 9.17) is 14.6 Å². The highest BCUT2D eigenvalue weighted by Gasteiger charge is 2.48. The minimum Gasteiger partial charge on any atom is -0.493 e. The number of ether oxygens (including phenoxy) is 2. The van der Waals surface area contributed by atoms with Gasteiger partial charge < -0.3 is 14.6 Å². The van der Waals surface area contributed by atoms with Crippen LogP contribution in [0.1, 0.15) is 38.5 Å². The summed E-state index contributed by atoms with van der Waals surface area (Å²) in [5, 5.41) is 8.68. The second-order valence-electron chi connectivity index (χ2n) is 7.58. The normalized spacial score (nSPS) is 27.3. The molecule has 0 spiro atoms. The summed E-state index contributed by atoms with van der Waals surface area (Å²) in [6.07, 6.45) is 9.56. The summed E-state index contributed by atoms with van der Waals surface area (Å²) >= 11 is 0. The van der Waals surface area contributed by atoms with Gasteiger partial charge in [0, 0.05) is 28.9 Å². The zero-order valence-electron chi connectivity index (χ0n) is 16.2. The molecule has 5 atom stereocenters. The molecule has 0 amide bonds. The minimum atomic E-state index is -0.916. The fourth-order valence-electron chi connectivity index (χ4n) is 4.24. The zero-order chi connectivity index (χ0) is 19.8. The summed E-state index contributed by atoms with van der Waals surface area (Å²) in [4.78, 5) is 10.6. The highest BCUT2D eigenvalue weighted by Crippen LogP contribution is 2.45. The van der Waals surface area contributed by atoms with Gasteiger partial charge in [0.2, 0.25) is 0 Å². The van der Waals surface area contributed by atoms with Crippen LogP contribution in [0.4, 0.5) is 0 Å². The number of carbonyl (C=O) groups is 1. The Labute approximate surface area is 169 Å². The molecule has 2 aliphatic heterocycles. The second kappa shape index (κ2) is 10.8. The lowest BCUT2D eigenvalue weighted by atomic mass is 9.78. The molecule has 0 aliphatic carbocycles. The van der Waals surface area contributed by atoms with Crippen molar-refractivity contribution in [2.75, 3.05) is 18.1 Å². The Hall–Kier alpha value is -1.66. The van der Waals surface area contributed by atoms with E-state index in [2.05, 4.69) is 12.2 Å². The monoisotopic (exact) mass is 406 g/mol. The maximum absolute atomic E-state index is 12.6. The molecular formula is C22H30O5S. The molecule has 6 heteroatoms. The first kappa shape index (κ1) is 21.1. The van der Waals surface area contributed by atoms with Crippen LogP contribution < -0.4 is 4.74 Å². The molecule has 2 saturated heterocycles. The number of aliphatic carboxylic acids is 1. The van der Waals surface area contributed by atoms with E-state index >= 15 is 0 Å². The molecule has 0 aromatic heterocycles. The topological polar surface area (TPSA) is 72.8 Å². The Morgan fingerprint density at radius 2 is 1.93 bits per heavy atom. The fourth-order valence-corrected chi connectivity index (χ4v) is 5.56. The van der Waals surface area contributed by atoms with Crippen molar-refractivity contribution >= 4 is 16.8 Å². The number of hydrogen-bond donors (Lipinski definition) is 1. The van der Waals surface area contributed by atoms with E-state index in [-0.39, 0.29) is 18.6 Å². The molecule has 1 aromatic rings. The van der Waals surface area contributed by atoms with Crippen molar-refractivity contribution in [3.8, 4) is 5.75 Å². The summed E-state index contributed by atoms with van der Waals surface area (Å²) < 4.78 is 24.4. The molecule has 1 aromatic carbocycles. The van der Waals surface area contributed by atoms with Gasteiger partial charge >= 0.3 is 5.97 Å². The summed E-state index contributed by atoms with van der Waals surface area (Å²) in [6, 6.07) is 9.62. The summed E-state index contributed by atoms with van der Waals surface area (Å²) in [5.74, 6) is 2.06. The average Bonchev–Trinajstić information content (AvgIpc) is 3.27.